The van der Waals surface area contributed by atoms with E-state index in [-0.39, 0.29) is 0 Å². The second-order valence-corrected chi connectivity index (χ2v) is 8.01. The van der Waals surface area contributed by atoms with Crippen LogP contribution in [0, 0.1) is 0 Å². The van der Waals surface area contributed by atoms with Gasteiger partial charge in [0.1, 0.15) is 11.5 Å². The number of aliphatic hydroxyl groups is 2. The molecule has 2 aromatic carbocycles. The third-order valence-corrected chi connectivity index (χ3v) is 4.66. The van der Waals surface area contributed by atoms with Crippen molar-refractivity contribution >= 4 is 0 Å². The molecule has 6 nitrogen and oxygen atoms in total. The van der Waals surface area contributed by atoms with Crippen molar-refractivity contribution in [1.82, 2.24) is 0 Å². The minimum atomic E-state index is -0.411. The molecule has 0 aromatic heterocycles. The molecule has 0 aliphatic carbocycles. The fourth-order valence-corrected chi connectivity index (χ4v) is 2.99. The predicted molar refractivity (Wildman–Crippen MR) is 126 cm³/mol. The number of rotatable bonds is 17. The smallest absolute Gasteiger partial charge is 0.119 e. The molecule has 0 aliphatic rings. The van der Waals surface area contributed by atoms with E-state index in [9.17, 15) is 0 Å². The highest BCUT2D eigenvalue weighted by Gasteiger charge is 2.02. The lowest BCUT2D eigenvalue weighted by Gasteiger charge is -2.10. The Bertz CT molecular complexity index is 649. The van der Waals surface area contributed by atoms with Crippen molar-refractivity contribution in [2.24, 2.45) is 0 Å². The third-order valence-electron chi connectivity index (χ3n) is 4.66. The summed E-state index contributed by atoms with van der Waals surface area (Å²) in [7, 11) is 0. The zero-order chi connectivity index (χ0) is 23.0. The molecule has 0 bridgehead atoms. The molecule has 32 heavy (non-hydrogen) atoms. The van der Waals surface area contributed by atoms with Gasteiger partial charge in [0, 0.05) is 13.2 Å². The van der Waals surface area contributed by atoms with E-state index in [0.717, 1.165) is 48.3 Å². The van der Waals surface area contributed by atoms with Crippen molar-refractivity contribution in [3.8, 4) is 22.6 Å². The van der Waals surface area contributed by atoms with Gasteiger partial charge < -0.3 is 29.2 Å². The van der Waals surface area contributed by atoms with Crippen LogP contribution in [-0.2, 0) is 9.47 Å². The van der Waals surface area contributed by atoms with Gasteiger partial charge in [0.25, 0.3) is 0 Å². The summed E-state index contributed by atoms with van der Waals surface area (Å²) in [5, 5.41) is 18.3. The third kappa shape index (κ3) is 11.5. The summed E-state index contributed by atoms with van der Waals surface area (Å²) in [6, 6.07) is 16.2. The standard InChI is InChI=1S/C26H38O6/c1-21(27)19-29-15-3-5-17-31-25-11-7-23(8-12-25)24-9-13-26(14-10-24)32-18-6-4-16-30-20-22(2)28/h7-14,21-22,27-28H,3-6,15-20H2,1-2H3. The minimum Gasteiger partial charge on any atom is -0.494 e. The van der Waals surface area contributed by atoms with E-state index in [2.05, 4.69) is 24.3 Å². The zero-order valence-electron chi connectivity index (χ0n) is 19.4. The van der Waals surface area contributed by atoms with Crippen molar-refractivity contribution in [2.75, 3.05) is 39.6 Å². The van der Waals surface area contributed by atoms with Crippen LogP contribution < -0.4 is 9.47 Å². The van der Waals surface area contributed by atoms with E-state index >= 15 is 0 Å². The lowest BCUT2D eigenvalue weighted by Crippen LogP contribution is -2.11. The molecule has 0 radical (unpaired) electrons. The van der Waals surface area contributed by atoms with Gasteiger partial charge in [-0.1, -0.05) is 24.3 Å². The molecule has 2 rings (SSSR count). The summed E-state index contributed by atoms with van der Waals surface area (Å²) in [6.07, 6.45) is 2.83. The Morgan fingerprint density at radius 2 is 0.906 bits per heavy atom. The van der Waals surface area contributed by atoms with E-state index in [4.69, 9.17) is 29.2 Å². The largest absolute Gasteiger partial charge is 0.494 e. The van der Waals surface area contributed by atoms with E-state index < -0.39 is 12.2 Å². The molecule has 2 N–H and O–H groups in total. The fraction of sp³-hybridized carbons (Fsp3) is 0.538. The second-order valence-electron chi connectivity index (χ2n) is 8.01. The van der Waals surface area contributed by atoms with Crippen LogP contribution in [0.2, 0.25) is 0 Å². The molecule has 0 saturated carbocycles. The van der Waals surface area contributed by atoms with Gasteiger partial charge in [-0.05, 0) is 74.9 Å². The molecule has 2 unspecified atom stereocenters. The van der Waals surface area contributed by atoms with Gasteiger partial charge >= 0.3 is 0 Å². The fourth-order valence-electron chi connectivity index (χ4n) is 2.99. The van der Waals surface area contributed by atoms with E-state index in [1.165, 1.54) is 0 Å². The number of unbranched alkanes of at least 4 members (excludes halogenated alkanes) is 2. The molecule has 0 aliphatic heterocycles. The van der Waals surface area contributed by atoms with Crippen LogP contribution >= 0.6 is 0 Å². The van der Waals surface area contributed by atoms with Crippen LogP contribution in [0.25, 0.3) is 11.1 Å². The van der Waals surface area contributed by atoms with E-state index in [1.807, 2.05) is 24.3 Å². The first-order valence-electron chi connectivity index (χ1n) is 11.5. The summed E-state index contributed by atoms with van der Waals surface area (Å²) < 4.78 is 22.3. The van der Waals surface area contributed by atoms with E-state index in [1.54, 1.807) is 13.8 Å². The first-order valence-corrected chi connectivity index (χ1v) is 11.5. The van der Waals surface area contributed by atoms with Crippen molar-refractivity contribution in [2.45, 2.75) is 51.7 Å². The summed E-state index contributed by atoms with van der Waals surface area (Å²) in [4.78, 5) is 0. The van der Waals surface area contributed by atoms with E-state index in [0.29, 0.717) is 39.6 Å². The number of hydrogen-bond donors (Lipinski definition) is 2. The Hall–Kier alpha value is -2.12. The average molecular weight is 447 g/mol. The van der Waals surface area contributed by atoms with Crippen molar-refractivity contribution < 1.29 is 29.2 Å². The van der Waals surface area contributed by atoms with Gasteiger partial charge in [0.2, 0.25) is 0 Å². The molecule has 6 heteroatoms. The lowest BCUT2D eigenvalue weighted by atomic mass is 10.1. The van der Waals surface area contributed by atoms with Crippen LogP contribution in [0.5, 0.6) is 11.5 Å². The molecular weight excluding hydrogens is 408 g/mol. The van der Waals surface area contributed by atoms with Crippen LogP contribution in [-0.4, -0.2) is 62.1 Å². The molecule has 178 valence electrons. The van der Waals surface area contributed by atoms with Gasteiger partial charge in [-0.25, -0.2) is 0 Å². The highest BCUT2D eigenvalue weighted by molar-refractivity contribution is 5.64. The van der Waals surface area contributed by atoms with Gasteiger partial charge in [-0.2, -0.15) is 0 Å². The quantitative estimate of drug-likeness (QED) is 0.349. The highest BCUT2D eigenvalue weighted by Crippen LogP contribution is 2.25. The van der Waals surface area contributed by atoms with Gasteiger partial charge in [0.05, 0.1) is 38.6 Å². The lowest BCUT2D eigenvalue weighted by molar-refractivity contribution is 0.0436. The number of aliphatic hydroxyl groups excluding tert-OH is 2. The Morgan fingerprint density at radius 1 is 0.562 bits per heavy atom. The first kappa shape index (κ1) is 26.1. The molecule has 0 heterocycles. The van der Waals surface area contributed by atoms with Crippen LogP contribution in [0.3, 0.4) is 0 Å². The molecule has 2 atom stereocenters. The molecule has 0 spiro atoms. The predicted octanol–water partition coefficient (Wildman–Crippen LogP) is 4.47. The normalized spacial score (nSPS) is 13.0. The van der Waals surface area contributed by atoms with Crippen molar-refractivity contribution in [1.29, 1.82) is 0 Å². The Balaban J connectivity index is 1.63. The van der Waals surface area contributed by atoms with Crippen LogP contribution in [0.4, 0.5) is 0 Å². The van der Waals surface area contributed by atoms with Crippen LogP contribution in [0.1, 0.15) is 39.5 Å². The van der Waals surface area contributed by atoms with Gasteiger partial charge in [0.15, 0.2) is 0 Å². The first-order chi connectivity index (χ1) is 15.5. The SMILES string of the molecule is CC(O)COCCCCOc1ccc(-c2ccc(OCCCCOCC(C)O)cc2)cc1. The summed E-state index contributed by atoms with van der Waals surface area (Å²) >= 11 is 0. The number of hydrogen-bond acceptors (Lipinski definition) is 6. The molecular formula is C26H38O6. The number of ether oxygens (including phenoxy) is 4. The summed E-state index contributed by atoms with van der Waals surface area (Å²) in [6.45, 7) is 6.79. The maximum Gasteiger partial charge on any atom is 0.119 e. The molecule has 0 saturated heterocycles. The van der Waals surface area contributed by atoms with Crippen molar-refractivity contribution in [3.63, 3.8) is 0 Å². The maximum atomic E-state index is 9.14. The zero-order valence-corrected chi connectivity index (χ0v) is 19.4. The average Bonchev–Trinajstić information content (AvgIpc) is 2.78. The molecule has 2 aromatic rings. The molecule has 0 amide bonds. The highest BCUT2D eigenvalue weighted by atomic mass is 16.5. The molecule has 0 fully saturated rings. The topological polar surface area (TPSA) is 77.4 Å². The van der Waals surface area contributed by atoms with Gasteiger partial charge in [-0.3, -0.25) is 0 Å². The van der Waals surface area contributed by atoms with Crippen molar-refractivity contribution in [3.05, 3.63) is 48.5 Å². The summed E-state index contributed by atoms with van der Waals surface area (Å²) in [5.41, 5.74) is 2.26. The van der Waals surface area contributed by atoms with Gasteiger partial charge in [-0.15, -0.1) is 0 Å². The minimum absolute atomic E-state index is 0.385. The summed E-state index contributed by atoms with van der Waals surface area (Å²) in [5.74, 6) is 1.71. The second kappa shape index (κ2) is 15.6. The number of benzene rings is 2. The van der Waals surface area contributed by atoms with Crippen LogP contribution in [0.15, 0.2) is 48.5 Å². The maximum absolute atomic E-state index is 9.14. The monoisotopic (exact) mass is 446 g/mol. The Labute approximate surface area is 192 Å². The Kier molecular flexibility index (Phi) is 12.8. The Morgan fingerprint density at radius 3 is 1.25 bits per heavy atom.